The molecule has 6 heteroatoms. The first-order valence-corrected chi connectivity index (χ1v) is 6.04. The van der Waals surface area contributed by atoms with E-state index in [0.29, 0.717) is 11.7 Å². The molecule has 1 aromatic carbocycles. The highest BCUT2D eigenvalue weighted by molar-refractivity contribution is 6.05. The number of methoxy groups -OCH3 is 1. The molecule has 6 nitrogen and oxygen atoms in total. The standard InChI is InChI=1S/C14H12N4O2/c1-8(19)13-11-5-9(3-4-12(11)17-18-13)10-6-15-14(20-2)16-7-10/h3-7H,1-2H3,(H,17,18). The van der Waals surface area contributed by atoms with E-state index in [1.165, 1.54) is 14.0 Å². The third-order valence-corrected chi connectivity index (χ3v) is 3.04. The largest absolute Gasteiger partial charge is 0.467 e. The third kappa shape index (κ3) is 2.01. The highest BCUT2D eigenvalue weighted by atomic mass is 16.5. The first-order chi connectivity index (χ1) is 9.69. The maximum absolute atomic E-state index is 11.5. The summed E-state index contributed by atoms with van der Waals surface area (Å²) in [5, 5.41) is 7.67. The van der Waals surface area contributed by atoms with E-state index >= 15 is 0 Å². The van der Waals surface area contributed by atoms with Gasteiger partial charge in [0.05, 0.1) is 12.6 Å². The number of fused-ring (bicyclic) bond motifs is 1. The molecule has 2 aromatic heterocycles. The number of rotatable bonds is 3. The molecule has 3 rings (SSSR count). The molecule has 0 aliphatic rings. The van der Waals surface area contributed by atoms with Crippen molar-refractivity contribution in [2.75, 3.05) is 7.11 Å². The van der Waals surface area contributed by atoms with Crippen molar-refractivity contribution in [2.24, 2.45) is 0 Å². The first kappa shape index (κ1) is 12.3. The van der Waals surface area contributed by atoms with Crippen LogP contribution in [-0.2, 0) is 0 Å². The highest BCUT2D eigenvalue weighted by Gasteiger charge is 2.11. The Hall–Kier alpha value is -2.76. The van der Waals surface area contributed by atoms with Crippen LogP contribution in [0.5, 0.6) is 6.01 Å². The molecule has 0 spiro atoms. The van der Waals surface area contributed by atoms with Crippen LogP contribution in [0.2, 0.25) is 0 Å². The number of benzene rings is 1. The number of aromatic nitrogens is 4. The molecule has 0 aliphatic carbocycles. The molecular weight excluding hydrogens is 256 g/mol. The number of carbonyl (C=O) groups is 1. The van der Waals surface area contributed by atoms with Crippen molar-refractivity contribution in [3.05, 3.63) is 36.3 Å². The summed E-state index contributed by atoms with van der Waals surface area (Å²) in [6, 6.07) is 6.03. The Labute approximate surface area is 114 Å². The van der Waals surface area contributed by atoms with Gasteiger partial charge in [0.25, 0.3) is 0 Å². The average molecular weight is 268 g/mol. The van der Waals surface area contributed by atoms with Gasteiger partial charge in [0.15, 0.2) is 5.78 Å². The Morgan fingerprint density at radius 1 is 1.20 bits per heavy atom. The van der Waals surface area contributed by atoms with Crippen molar-refractivity contribution in [1.29, 1.82) is 0 Å². The van der Waals surface area contributed by atoms with Gasteiger partial charge < -0.3 is 4.74 Å². The summed E-state index contributed by atoms with van der Waals surface area (Å²) in [5.41, 5.74) is 3.04. The first-order valence-electron chi connectivity index (χ1n) is 6.04. The number of nitrogens with zero attached hydrogens (tertiary/aromatic N) is 3. The maximum atomic E-state index is 11.5. The van der Waals surface area contributed by atoms with E-state index in [9.17, 15) is 4.79 Å². The molecule has 0 amide bonds. The number of H-pyrrole nitrogens is 1. The molecule has 1 N–H and O–H groups in total. The summed E-state index contributed by atoms with van der Waals surface area (Å²) in [6.07, 6.45) is 3.36. The smallest absolute Gasteiger partial charge is 0.316 e. The fourth-order valence-electron chi connectivity index (χ4n) is 2.03. The van der Waals surface area contributed by atoms with Crippen LogP contribution in [0.25, 0.3) is 22.0 Å². The van der Waals surface area contributed by atoms with E-state index in [1.807, 2.05) is 18.2 Å². The zero-order valence-corrected chi connectivity index (χ0v) is 11.0. The minimum absolute atomic E-state index is 0.0700. The topological polar surface area (TPSA) is 80.8 Å². The van der Waals surface area contributed by atoms with E-state index in [4.69, 9.17) is 4.74 Å². The van der Waals surface area contributed by atoms with Gasteiger partial charge >= 0.3 is 6.01 Å². The molecule has 0 fully saturated rings. The molecule has 0 aliphatic heterocycles. The second-order valence-electron chi connectivity index (χ2n) is 4.35. The molecule has 20 heavy (non-hydrogen) atoms. The lowest BCUT2D eigenvalue weighted by molar-refractivity contribution is 0.101. The molecule has 0 unspecified atom stereocenters. The molecule has 0 saturated heterocycles. The van der Waals surface area contributed by atoms with Crippen LogP contribution in [0.1, 0.15) is 17.4 Å². The molecule has 100 valence electrons. The normalized spacial score (nSPS) is 10.7. The van der Waals surface area contributed by atoms with E-state index in [-0.39, 0.29) is 5.78 Å². The molecule has 0 saturated carbocycles. The lowest BCUT2D eigenvalue weighted by Crippen LogP contribution is -1.93. The highest BCUT2D eigenvalue weighted by Crippen LogP contribution is 2.25. The van der Waals surface area contributed by atoms with Crippen LogP contribution < -0.4 is 4.74 Å². The summed E-state index contributed by atoms with van der Waals surface area (Å²) in [6.45, 7) is 1.50. The quantitative estimate of drug-likeness (QED) is 0.737. The summed E-state index contributed by atoms with van der Waals surface area (Å²) in [5.74, 6) is -0.0700. The molecule has 0 atom stereocenters. The van der Waals surface area contributed by atoms with Gasteiger partial charge in [-0.15, -0.1) is 0 Å². The zero-order chi connectivity index (χ0) is 14.1. The SMILES string of the molecule is COc1ncc(-c2ccc3[nH]nc(C(C)=O)c3c2)cn1. The fraction of sp³-hybridized carbons (Fsp3) is 0.143. The van der Waals surface area contributed by atoms with Crippen molar-refractivity contribution >= 4 is 16.7 Å². The van der Waals surface area contributed by atoms with Crippen LogP contribution in [0, 0.1) is 0 Å². The molecule has 3 aromatic rings. The van der Waals surface area contributed by atoms with Crippen molar-refractivity contribution in [2.45, 2.75) is 6.92 Å². The van der Waals surface area contributed by atoms with Crippen LogP contribution in [0.15, 0.2) is 30.6 Å². The van der Waals surface area contributed by atoms with Gasteiger partial charge in [-0.05, 0) is 17.7 Å². The lowest BCUT2D eigenvalue weighted by atomic mass is 10.1. The number of nitrogens with one attached hydrogen (secondary N) is 1. The van der Waals surface area contributed by atoms with Gasteiger partial charge in [-0.1, -0.05) is 6.07 Å². The Morgan fingerprint density at radius 3 is 2.60 bits per heavy atom. The van der Waals surface area contributed by atoms with Gasteiger partial charge in [0.2, 0.25) is 0 Å². The van der Waals surface area contributed by atoms with Crippen LogP contribution in [0.4, 0.5) is 0 Å². The van der Waals surface area contributed by atoms with Crippen molar-refractivity contribution < 1.29 is 9.53 Å². The van der Waals surface area contributed by atoms with Gasteiger partial charge in [-0.25, -0.2) is 9.97 Å². The predicted octanol–water partition coefficient (Wildman–Crippen LogP) is 2.23. The maximum Gasteiger partial charge on any atom is 0.316 e. The minimum atomic E-state index is -0.0700. The second kappa shape index (κ2) is 4.73. The van der Waals surface area contributed by atoms with E-state index in [0.717, 1.165) is 22.0 Å². The number of aromatic amines is 1. The number of hydrogen-bond acceptors (Lipinski definition) is 5. The third-order valence-electron chi connectivity index (χ3n) is 3.04. The summed E-state index contributed by atoms with van der Waals surface area (Å²) >= 11 is 0. The van der Waals surface area contributed by atoms with Crippen molar-refractivity contribution in [1.82, 2.24) is 20.2 Å². The number of ether oxygens (including phenoxy) is 1. The number of hydrogen-bond donors (Lipinski definition) is 1. The summed E-state index contributed by atoms with van der Waals surface area (Å²) in [4.78, 5) is 19.7. The summed E-state index contributed by atoms with van der Waals surface area (Å²) in [7, 11) is 1.52. The average Bonchev–Trinajstić information content (AvgIpc) is 2.90. The molecule has 0 bridgehead atoms. The van der Waals surface area contributed by atoms with E-state index in [2.05, 4.69) is 20.2 Å². The predicted molar refractivity (Wildman–Crippen MR) is 73.7 cm³/mol. The molecule has 2 heterocycles. The minimum Gasteiger partial charge on any atom is -0.467 e. The number of ketones is 1. The van der Waals surface area contributed by atoms with Gasteiger partial charge in [0, 0.05) is 30.3 Å². The van der Waals surface area contributed by atoms with E-state index < -0.39 is 0 Å². The Balaban J connectivity index is 2.11. The monoisotopic (exact) mass is 268 g/mol. The Kier molecular flexibility index (Phi) is 2.90. The number of carbonyl (C=O) groups excluding carboxylic acids is 1. The van der Waals surface area contributed by atoms with Gasteiger partial charge in [-0.3, -0.25) is 9.89 Å². The Bertz CT molecular complexity index is 777. The molecule has 0 radical (unpaired) electrons. The fourth-order valence-corrected chi connectivity index (χ4v) is 2.03. The Morgan fingerprint density at radius 2 is 1.95 bits per heavy atom. The van der Waals surface area contributed by atoms with Gasteiger partial charge in [0.1, 0.15) is 5.69 Å². The second-order valence-corrected chi connectivity index (χ2v) is 4.35. The summed E-state index contributed by atoms with van der Waals surface area (Å²) < 4.78 is 4.93. The van der Waals surface area contributed by atoms with Crippen LogP contribution in [-0.4, -0.2) is 33.1 Å². The van der Waals surface area contributed by atoms with Crippen LogP contribution >= 0.6 is 0 Å². The van der Waals surface area contributed by atoms with Gasteiger partial charge in [-0.2, -0.15) is 5.10 Å². The zero-order valence-electron chi connectivity index (χ0n) is 11.0. The van der Waals surface area contributed by atoms with Crippen molar-refractivity contribution in [3.8, 4) is 17.1 Å². The van der Waals surface area contributed by atoms with Crippen molar-refractivity contribution in [3.63, 3.8) is 0 Å². The van der Waals surface area contributed by atoms with E-state index in [1.54, 1.807) is 12.4 Å². The number of Topliss-reactive ketones (excluding diaryl/α,β-unsaturated/α-hetero) is 1. The lowest BCUT2D eigenvalue weighted by Gasteiger charge is -2.02. The van der Waals surface area contributed by atoms with Crippen LogP contribution in [0.3, 0.4) is 0 Å². The molecular formula is C14H12N4O2.